The number of halogens is 1. The van der Waals surface area contributed by atoms with E-state index in [1.54, 1.807) is 17.6 Å². The van der Waals surface area contributed by atoms with Crippen LogP contribution < -0.4 is 10.9 Å². The van der Waals surface area contributed by atoms with Crippen LogP contribution in [0.15, 0.2) is 16.9 Å². The molecule has 41 heavy (non-hydrogen) atoms. The molecule has 9 heteroatoms. The fourth-order valence-corrected chi connectivity index (χ4v) is 6.60. The maximum Gasteiger partial charge on any atom is 0.343 e. The van der Waals surface area contributed by atoms with Crippen molar-refractivity contribution in [2.45, 2.75) is 91.7 Å². The fraction of sp³-hybridized carbons (Fsp3) is 0.531. The second kappa shape index (κ2) is 9.71. The summed E-state index contributed by atoms with van der Waals surface area (Å²) in [5.41, 5.74) is 3.48. The molecule has 0 spiro atoms. The predicted molar refractivity (Wildman–Crippen MR) is 153 cm³/mol. The van der Waals surface area contributed by atoms with Crippen LogP contribution in [-0.2, 0) is 39.4 Å². The highest BCUT2D eigenvalue weighted by Crippen LogP contribution is 2.46. The Labute approximate surface area is 238 Å². The van der Waals surface area contributed by atoms with Gasteiger partial charge in [0.25, 0.3) is 5.56 Å². The quantitative estimate of drug-likeness (QED) is 0.318. The third kappa shape index (κ3) is 4.32. The molecule has 3 aliphatic rings. The molecule has 1 aromatic carbocycles. The molecule has 1 aliphatic carbocycles. The van der Waals surface area contributed by atoms with Crippen LogP contribution in [0.25, 0.3) is 22.3 Å². The largest absolute Gasteiger partial charge is 0.458 e. The number of pyridine rings is 2. The monoisotopic (exact) mass is 563 g/mol. The molecule has 2 aliphatic heterocycles. The molecule has 0 bridgehead atoms. The molecule has 8 nitrogen and oxygen atoms in total. The Kier molecular flexibility index (Phi) is 6.63. The Morgan fingerprint density at radius 2 is 2.02 bits per heavy atom. The van der Waals surface area contributed by atoms with Crippen molar-refractivity contribution >= 4 is 16.9 Å². The van der Waals surface area contributed by atoms with Gasteiger partial charge in [-0.15, -0.1) is 0 Å². The van der Waals surface area contributed by atoms with E-state index >= 15 is 4.39 Å². The number of nitrogens with zero attached hydrogens (tertiary/aromatic N) is 2. The van der Waals surface area contributed by atoms with Crippen molar-refractivity contribution in [1.82, 2.24) is 14.9 Å². The number of aryl methyl sites for hydroxylation is 1. The van der Waals surface area contributed by atoms with Crippen molar-refractivity contribution in [3.63, 3.8) is 0 Å². The van der Waals surface area contributed by atoms with Gasteiger partial charge >= 0.3 is 5.97 Å². The Morgan fingerprint density at radius 3 is 2.73 bits per heavy atom. The Bertz CT molecular complexity index is 1660. The Balaban J connectivity index is 1.52. The lowest BCUT2D eigenvalue weighted by Crippen LogP contribution is -2.44. The third-order valence-electron chi connectivity index (χ3n) is 9.01. The average molecular weight is 564 g/mol. The number of nitrogens with one attached hydrogen (secondary N) is 1. The summed E-state index contributed by atoms with van der Waals surface area (Å²) in [6.07, 6.45) is 1.72. The number of rotatable bonds is 7. The van der Waals surface area contributed by atoms with Gasteiger partial charge in [-0.05, 0) is 62.8 Å². The summed E-state index contributed by atoms with van der Waals surface area (Å²) >= 11 is 0. The second-order valence-corrected chi connectivity index (χ2v) is 12.8. The molecule has 6 rings (SSSR count). The number of fused-ring (bicyclic) bond motifs is 5. The molecule has 0 fully saturated rings. The molecule has 218 valence electrons. The summed E-state index contributed by atoms with van der Waals surface area (Å²) in [5, 5.41) is 16.0. The molecule has 2 atom stereocenters. The van der Waals surface area contributed by atoms with Gasteiger partial charge in [-0.1, -0.05) is 20.8 Å². The van der Waals surface area contributed by atoms with Gasteiger partial charge in [-0.2, -0.15) is 0 Å². The van der Waals surface area contributed by atoms with E-state index in [4.69, 9.17) is 14.5 Å². The smallest absolute Gasteiger partial charge is 0.343 e. The number of cyclic esters (lactones) is 1. The van der Waals surface area contributed by atoms with E-state index in [0.717, 1.165) is 34.9 Å². The molecule has 3 aromatic rings. The average Bonchev–Trinajstić information content (AvgIpc) is 3.30. The molecule has 2 N–H and O–H groups in total. The van der Waals surface area contributed by atoms with Gasteiger partial charge in [-0.25, -0.2) is 14.2 Å². The number of esters is 1. The van der Waals surface area contributed by atoms with E-state index in [0.29, 0.717) is 42.2 Å². The zero-order valence-corrected chi connectivity index (χ0v) is 24.6. The van der Waals surface area contributed by atoms with Gasteiger partial charge in [0, 0.05) is 40.6 Å². The van der Waals surface area contributed by atoms with E-state index in [1.807, 2.05) is 20.8 Å². The van der Waals surface area contributed by atoms with Crippen LogP contribution in [0.1, 0.15) is 86.9 Å². The van der Waals surface area contributed by atoms with Crippen LogP contribution in [0.2, 0.25) is 0 Å². The zero-order chi connectivity index (χ0) is 29.4. The second-order valence-electron chi connectivity index (χ2n) is 12.8. The number of aliphatic hydroxyl groups is 1. The first kappa shape index (κ1) is 28.0. The minimum absolute atomic E-state index is 0.0259. The molecule has 4 heterocycles. The van der Waals surface area contributed by atoms with Crippen LogP contribution >= 0.6 is 0 Å². The fourth-order valence-electron chi connectivity index (χ4n) is 6.60. The molecular weight excluding hydrogens is 525 g/mol. The van der Waals surface area contributed by atoms with Crippen molar-refractivity contribution in [3.05, 3.63) is 61.7 Å². The number of hydrogen-bond acceptors (Lipinski definition) is 7. The van der Waals surface area contributed by atoms with Crippen molar-refractivity contribution in [2.24, 2.45) is 5.41 Å². The van der Waals surface area contributed by atoms with E-state index in [-0.39, 0.29) is 53.1 Å². The summed E-state index contributed by atoms with van der Waals surface area (Å²) in [6.45, 7) is 13.3. The van der Waals surface area contributed by atoms with Crippen LogP contribution in [0.5, 0.6) is 0 Å². The number of benzene rings is 1. The van der Waals surface area contributed by atoms with E-state index in [9.17, 15) is 14.7 Å². The minimum Gasteiger partial charge on any atom is -0.458 e. The summed E-state index contributed by atoms with van der Waals surface area (Å²) in [7, 11) is 0. The maximum absolute atomic E-state index is 15.1. The van der Waals surface area contributed by atoms with Crippen LogP contribution in [0.4, 0.5) is 4.39 Å². The molecule has 0 radical (unpaired) electrons. The lowest BCUT2D eigenvalue weighted by atomic mass is 9.81. The Morgan fingerprint density at radius 1 is 1.27 bits per heavy atom. The van der Waals surface area contributed by atoms with Gasteiger partial charge in [0.15, 0.2) is 5.60 Å². The van der Waals surface area contributed by atoms with Crippen LogP contribution in [0.3, 0.4) is 0 Å². The van der Waals surface area contributed by atoms with Gasteiger partial charge in [0.2, 0.25) is 0 Å². The number of hydrogen-bond donors (Lipinski definition) is 2. The van der Waals surface area contributed by atoms with Gasteiger partial charge in [0.1, 0.15) is 12.4 Å². The molecule has 0 saturated carbocycles. The maximum atomic E-state index is 15.1. The van der Waals surface area contributed by atoms with Crippen molar-refractivity contribution in [2.75, 3.05) is 13.2 Å². The first-order valence-corrected chi connectivity index (χ1v) is 14.5. The first-order chi connectivity index (χ1) is 19.4. The van der Waals surface area contributed by atoms with E-state index in [1.165, 1.54) is 6.07 Å². The topological polar surface area (TPSA) is 103 Å². The molecular formula is C32H38FN3O5. The van der Waals surface area contributed by atoms with Gasteiger partial charge < -0.3 is 24.5 Å². The summed E-state index contributed by atoms with van der Waals surface area (Å²) in [5.74, 6) is -1.06. The number of ether oxygens (including phenoxy) is 2. The third-order valence-corrected chi connectivity index (χ3v) is 9.01. The lowest BCUT2D eigenvalue weighted by Gasteiger charge is -2.33. The number of aromatic nitrogens is 2. The highest BCUT2D eigenvalue weighted by molar-refractivity contribution is 5.93. The van der Waals surface area contributed by atoms with E-state index < -0.39 is 11.6 Å². The standard InChI is InChI=1S/C32H38FN3O5/c1-7-32(39)21-10-25-28-19(12-36(25)29(37)20(21)13-40-30(32)38)27-23(34-14-31(5,6)15-41-16(2)3)9-8-18-17(4)22(33)11-24(35-28)26(18)27/h10-11,16,23,34,39H,7-9,12-15H2,1-6H3/t23-,32-/m0/s1. The lowest BCUT2D eigenvalue weighted by molar-refractivity contribution is -0.172. The van der Waals surface area contributed by atoms with Crippen LogP contribution in [-0.4, -0.2) is 39.9 Å². The molecule has 0 saturated heterocycles. The van der Waals surface area contributed by atoms with Gasteiger partial charge in [-0.3, -0.25) is 4.79 Å². The van der Waals surface area contributed by atoms with Gasteiger partial charge in [0.05, 0.1) is 41.7 Å². The predicted octanol–water partition coefficient (Wildman–Crippen LogP) is 4.56. The first-order valence-electron chi connectivity index (χ1n) is 14.5. The molecule has 2 aromatic heterocycles. The summed E-state index contributed by atoms with van der Waals surface area (Å²) in [6, 6.07) is 3.17. The normalized spacial score (nSPS) is 21.2. The van der Waals surface area contributed by atoms with Crippen molar-refractivity contribution in [1.29, 1.82) is 0 Å². The molecule has 0 amide bonds. The highest BCUT2D eigenvalue weighted by atomic mass is 19.1. The number of carbonyl (C=O) groups excluding carboxylic acids is 1. The Hall–Kier alpha value is -3.14. The SMILES string of the molecule is CC[C@@]1(O)C(=O)OCc2c1cc1n(c2=O)Cc2c-1nc1cc(F)c(C)c3c1c2[C@@H](NCC(C)(C)COC(C)C)CC3. The molecule has 0 unspecified atom stereocenters. The zero-order valence-electron chi connectivity index (χ0n) is 24.6. The summed E-state index contributed by atoms with van der Waals surface area (Å²) in [4.78, 5) is 31.3. The van der Waals surface area contributed by atoms with Crippen molar-refractivity contribution < 1.29 is 23.8 Å². The highest BCUT2D eigenvalue weighted by Gasteiger charge is 2.46. The summed E-state index contributed by atoms with van der Waals surface area (Å²) < 4.78 is 27.9. The minimum atomic E-state index is -1.90. The van der Waals surface area contributed by atoms with E-state index in [2.05, 4.69) is 19.2 Å². The number of carbonyl (C=O) groups is 1. The van der Waals surface area contributed by atoms with Crippen molar-refractivity contribution in [3.8, 4) is 11.4 Å². The van der Waals surface area contributed by atoms with Crippen LogP contribution in [0, 0.1) is 18.2 Å².